The first-order valence-electron chi connectivity index (χ1n) is 8.30. The third kappa shape index (κ3) is 4.62. The molecule has 1 aromatic carbocycles. The van der Waals surface area contributed by atoms with Crippen LogP contribution in [0.2, 0.25) is 0 Å². The molecule has 1 saturated heterocycles. The van der Waals surface area contributed by atoms with E-state index in [0.29, 0.717) is 18.0 Å². The number of alkyl halides is 2. The lowest BCUT2D eigenvalue weighted by molar-refractivity contribution is -0.0498. The highest BCUT2D eigenvalue weighted by Gasteiger charge is 2.34. The second kappa shape index (κ2) is 8.04. The van der Waals surface area contributed by atoms with Crippen LogP contribution >= 0.6 is 0 Å². The van der Waals surface area contributed by atoms with Crippen LogP contribution in [0.1, 0.15) is 24.8 Å². The van der Waals surface area contributed by atoms with E-state index in [4.69, 9.17) is 4.74 Å². The topological polar surface area (TPSA) is 42.5 Å². The van der Waals surface area contributed by atoms with Crippen LogP contribution in [0.3, 0.4) is 0 Å². The molecule has 3 atom stereocenters. The first-order chi connectivity index (χ1) is 11.2. The van der Waals surface area contributed by atoms with Gasteiger partial charge in [-0.05, 0) is 36.5 Å². The fraction of sp³-hybridized carbons (Fsp3) is 0.647. The molecule has 0 bridgehead atoms. The smallest absolute Gasteiger partial charge is 0.387 e. The van der Waals surface area contributed by atoms with Gasteiger partial charge in [-0.15, -0.1) is 0 Å². The average molecular weight is 326 g/mol. The number of nitrogens with one attached hydrogen (secondary N) is 2. The predicted molar refractivity (Wildman–Crippen MR) is 83.7 cm³/mol. The monoisotopic (exact) mass is 326 g/mol. The van der Waals surface area contributed by atoms with Crippen LogP contribution in [0.5, 0.6) is 5.75 Å². The zero-order valence-corrected chi connectivity index (χ0v) is 13.1. The second-order valence-electron chi connectivity index (χ2n) is 6.24. The minimum atomic E-state index is -2.77. The van der Waals surface area contributed by atoms with Gasteiger partial charge in [0.15, 0.2) is 0 Å². The molecule has 2 aliphatic rings. The van der Waals surface area contributed by atoms with Crippen molar-refractivity contribution in [2.24, 2.45) is 5.92 Å². The van der Waals surface area contributed by atoms with Gasteiger partial charge in [0.25, 0.3) is 0 Å². The molecule has 0 aromatic heterocycles. The lowest BCUT2D eigenvalue weighted by Crippen LogP contribution is -2.50. The molecule has 0 spiro atoms. The molecule has 4 nitrogen and oxygen atoms in total. The second-order valence-corrected chi connectivity index (χ2v) is 6.24. The van der Waals surface area contributed by atoms with Crippen molar-refractivity contribution >= 4 is 0 Å². The van der Waals surface area contributed by atoms with E-state index >= 15 is 0 Å². The van der Waals surface area contributed by atoms with Gasteiger partial charge in [0.2, 0.25) is 0 Å². The minimum absolute atomic E-state index is 0.200. The number of halogens is 2. The van der Waals surface area contributed by atoms with Gasteiger partial charge in [-0.3, -0.25) is 0 Å². The molecule has 1 heterocycles. The molecule has 3 rings (SSSR count). The Balaban J connectivity index is 1.50. The number of rotatable bonds is 6. The van der Waals surface area contributed by atoms with Crippen molar-refractivity contribution in [3.05, 3.63) is 29.8 Å². The first-order valence-corrected chi connectivity index (χ1v) is 8.30. The molecule has 0 radical (unpaired) electrons. The van der Waals surface area contributed by atoms with E-state index in [1.807, 2.05) is 12.1 Å². The van der Waals surface area contributed by atoms with E-state index in [9.17, 15) is 8.78 Å². The number of hydrogen-bond acceptors (Lipinski definition) is 4. The third-order valence-electron chi connectivity index (χ3n) is 4.75. The summed E-state index contributed by atoms with van der Waals surface area (Å²) in [6.45, 7) is 0.489. The van der Waals surface area contributed by atoms with Gasteiger partial charge in [-0.1, -0.05) is 18.6 Å². The van der Waals surface area contributed by atoms with Crippen LogP contribution in [0.25, 0.3) is 0 Å². The van der Waals surface area contributed by atoms with Crippen molar-refractivity contribution in [3.8, 4) is 5.75 Å². The maximum atomic E-state index is 12.1. The molecule has 1 aliphatic carbocycles. The van der Waals surface area contributed by atoms with Gasteiger partial charge in [0.05, 0.1) is 13.2 Å². The van der Waals surface area contributed by atoms with E-state index in [1.54, 1.807) is 12.1 Å². The van der Waals surface area contributed by atoms with E-state index < -0.39 is 6.61 Å². The van der Waals surface area contributed by atoms with Crippen molar-refractivity contribution in [1.29, 1.82) is 0 Å². The van der Waals surface area contributed by atoms with Crippen molar-refractivity contribution < 1.29 is 18.3 Å². The molecule has 2 N–H and O–H groups in total. The van der Waals surface area contributed by atoms with Crippen LogP contribution < -0.4 is 15.4 Å². The van der Waals surface area contributed by atoms with Gasteiger partial charge in [-0.2, -0.15) is 8.78 Å². The number of hydrogen-bond donors (Lipinski definition) is 2. The molecule has 2 fully saturated rings. The first kappa shape index (κ1) is 16.6. The Bertz CT molecular complexity index is 478. The van der Waals surface area contributed by atoms with Gasteiger partial charge < -0.3 is 20.1 Å². The van der Waals surface area contributed by atoms with Crippen molar-refractivity contribution in [2.45, 2.75) is 44.5 Å². The maximum Gasteiger partial charge on any atom is 0.387 e. The molecule has 1 aliphatic heterocycles. The largest absolute Gasteiger partial charge is 0.435 e. The van der Waals surface area contributed by atoms with Crippen LogP contribution in [-0.2, 0) is 11.3 Å². The molecule has 6 heteroatoms. The van der Waals surface area contributed by atoms with Gasteiger partial charge >= 0.3 is 6.61 Å². The summed E-state index contributed by atoms with van der Waals surface area (Å²) in [6.07, 6.45) is 3.64. The number of ether oxygens (including phenoxy) is 2. The lowest BCUT2D eigenvalue weighted by atomic mass is 9.94. The summed E-state index contributed by atoms with van der Waals surface area (Å²) in [5, 5.41) is 7.18. The summed E-state index contributed by atoms with van der Waals surface area (Å²) in [5.74, 6) is 0.794. The Kier molecular flexibility index (Phi) is 5.80. The Morgan fingerprint density at radius 1 is 1.26 bits per heavy atom. The van der Waals surface area contributed by atoms with Crippen LogP contribution in [-0.4, -0.2) is 38.5 Å². The zero-order valence-electron chi connectivity index (χ0n) is 13.1. The standard InChI is InChI=1S/C17H24F2N2O2/c18-17(19)23-13-6-4-12(5-7-13)10-21-15-3-1-2-14(15)16-11-22-9-8-20-16/h4-7,14-17,20-21H,1-3,8-11H2. The van der Waals surface area contributed by atoms with E-state index in [0.717, 1.165) is 31.9 Å². The SMILES string of the molecule is FC(F)Oc1ccc(CNC2CCCC2C2COCCN2)cc1. The van der Waals surface area contributed by atoms with Crippen molar-refractivity contribution in [2.75, 3.05) is 19.8 Å². The molecule has 23 heavy (non-hydrogen) atoms. The minimum Gasteiger partial charge on any atom is -0.435 e. The fourth-order valence-electron chi connectivity index (χ4n) is 3.62. The Morgan fingerprint density at radius 2 is 2.09 bits per heavy atom. The Hall–Kier alpha value is -1.24. The predicted octanol–water partition coefficient (Wildman–Crippen LogP) is 2.53. The fourth-order valence-corrected chi connectivity index (χ4v) is 3.62. The molecule has 3 unspecified atom stereocenters. The lowest BCUT2D eigenvalue weighted by Gasteiger charge is -2.33. The molecule has 1 saturated carbocycles. The number of benzene rings is 1. The molecular weight excluding hydrogens is 302 g/mol. The highest BCUT2D eigenvalue weighted by Crippen LogP contribution is 2.29. The quantitative estimate of drug-likeness (QED) is 0.843. The summed E-state index contributed by atoms with van der Waals surface area (Å²) < 4.78 is 34.2. The van der Waals surface area contributed by atoms with Gasteiger partial charge in [0.1, 0.15) is 5.75 Å². The Labute approximate surface area is 135 Å². The van der Waals surface area contributed by atoms with Crippen LogP contribution in [0.15, 0.2) is 24.3 Å². The summed E-state index contributed by atoms with van der Waals surface area (Å²) in [6, 6.07) is 7.75. The number of morpholine rings is 1. The van der Waals surface area contributed by atoms with Gasteiger partial charge in [-0.25, -0.2) is 0 Å². The third-order valence-corrected chi connectivity index (χ3v) is 4.75. The van der Waals surface area contributed by atoms with Crippen molar-refractivity contribution in [1.82, 2.24) is 10.6 Å². The summed E-state index contributed by atoms with van der Waals surface area (Å²) in [4.78, 5) is 0. The molecule has 0 amide bonds. The van der Waals surface area contributed by atoms with Crippen molar-refractivity contribution in [3.63, 3.8) is 0 Å². The van der Waals surface area contributed by atoms with Crippen LogP contribution in [0, 0.1) is 5.92 Å². The van der Waals surface area contributed by atoms with E-state index in [1.165, 1.54) is 19.3 Å². The molecule has 128 valence electrons. The molecule has 1 aromatic rings. The summed E-state index contributed by atoms with van der Waals surface area (Å²) in [7, 11) is 0. The molecular formula is C17H24F2N2O2. The Morgan fingerprint density at radius 3 is 2.78 bits per heavy atom. The summed E-state index contributed by atoms with van der Waals surface area (Å²) >= 11 is 0. The van der Waals surface area contributed by atoms with E-state index in [-0.39, 0.29) is 5.75 Å². The van der Waals surface area contributed by atoms with E-state index in [2.05, 4.69) is 15.4 Å². The maximum absolute atomic E-state index is 12.1. The average Bonchev–Trinajstić information content (AvgIpc) is 3.03. The van der Waals surface area contributed by atoms with Gasteiger partial charge in [0, 0.05) is 25.2 Å². The zero-order chi connectivity index (χ0) is 16.1. The van der Waals surface area contributed by atoms with Crippen LogP contribution in [0.4, 0.5) is 8.78 Å². The highest BCUT2D eigenvalue weighted by molar-refractivity contribution is 5.27. The highest BCUT2D eigenvalue weighted by atomic mass is 19.3. The summed E-state index contributed by atoms with van der Waals surface area (Å²) in [5.41, 5.74) is 1.07. The normalized spacial score (nSPS) is 28.2.